The number of urea groups is 1. The third-order valence-electron chi connectivity index (χ3n) is 11.6. The molecule has 2 saturated carbocycles. The van der Waals surface area contributed by atoms with Crippen LogP contribution in [0, 0.1) is 5.92 Å². The molecule has 56 heavy (non-hydrogen) atoms. The number of anilines is 2. The fourth-order valence-corrected chi connectivity index (χ4v) is 8.36. The predicted octanol–water partition coefficient (Wildman–Crippen LogP) is 6.98. The number of ether oxygens (including phenoxy) is 1. The number of hydrogen-bond donors (Lipinski definition) is 3. The number of piperidine rings is 1. The molecule has 4 fully saturated rings. The molecule has 294 valence electrons. The Kier molecular flexibility index (Phi) is 10.1. The second-order valence-corrected chi connectivity index (χ2v) is 15.4. The molecule has 0 bridgehead atoms. The first-order chi connectivity index (χ1) is 27.5. The Balaban J connectivity index is 0.000000174. The lowest BCUT2D eigenvalue weighted by molar-refractivity contribution is -0.120. The van der Waals surface area contributed by atoms with Crippen molar-refractivity contribution in [3.05, 3.63) is 73.1 Å². The number of carbonyl (C=O) groups is 3. The largest absolute Gasteiger partial charge is 0.490 e. The molecular weight excluding hydrogens is 711 g/mol. The minimum absolute atomic E-state index is 0. The third-order valence-corrected chi connectivity index (χ3v) is 11.6. The second kappa shape index (κ2) is 15.7. The van der Waals surface area contributed by atoms with Gasteiger partial charge in [0.05, 0.1) is 53.2 Å². The van der Waals surface area contributed by atoms with E-state index in [0.29, 0.717) is 41.8 Å². The number of rotatable bonds is 9. The summed E-state index contributed by atoms with van der Waals surface area (Å²) >= 11 is 0. The Labute approximate surface area is 326 Å². The summed E-state index contributed by atoms with van der Waals surface area (Å²) in [6, 6.07) is 9.42. The predicted molar refractivity (Wildman–Crippen MR) is 216 cm³/mol. The van der Waals surface area contributed by atoms with Crippen LogP contribution in [0.3, 0.4) is 0 Å². The average Bonchev–Trinajstić information content (AvgIpc) is 3.55. The molecule has 1 aromatic carbocycles. The number of nitrogens with one attached hydrogen (secondary N) is 3. The highest BCUT2D eigenvalue weighted by Gasteiger charge is 2.29. The Morgan fingerprint density at radius 3 is 2.64 bits per heavy atom. The van der Waals surface area contributed by atoms with Gasteiger partial charge < -0.3 is 19.5 Å². The van der Waals surface area contributed by atoms with Gasteiger partial charge in [0.25, 0.3) is 5.91 Å². The van der Waals surface area contributed by atoms with Gasteiger partial charge in [0.1, 0.15) is 5.75 Å². The molecule has 5 aromatic heterocycles. The number of hydrogen-bond acceptors (Lipinski definition) is 9. The number of H-pyrrole nitrogens is 1. The van der Waals surface area contributed by atoms with E-state index in [-0.39, 0.29) is 26.8 Å². The smallest absolute Gasteiger partial charge is 0.328 e. The van der Waals surface area contributed by atoms with Crippen molar-refractivity contribution in [2.45, 2.75) is 82.8 Å². The highest BCUT2D eigenvalue weighted by Crippen LogP contribution is 2.35. The summed E-state index contributed by atoms with van der Waals surface area (Å²) in [6.45, 7) is 3.95. The first-order valence-electron chi connectivity index (χ1n) is 20.0. The van der Waals surface area contributed by atoms with Crippen molar-refractivity contribution in [1.29, 1.82) is 0 Å². The van der Waals surface area contributed by atoms with Gasteiger partial charge in [-0.3, -0.25) is 29.9 Å². The van der Waals surface area contributed by atoms with Crippen molar-refractivity contribution >= 4 is 56.8 Å². The van der Waals surface area contributed by atoms with E-state index in [1.54, 1.807) is 46.3 Å². The van der Waals surface area contributed by atoms with Crippen LogP contribution < -0.4 is 20.3 Å². The molecule has 6 aromatic rings. The summed E-state index contributed by atoms with van der Waals surface area (Å²) in [4.78, 5) is 49.6. The molecule has 2 saturated heterocycles. The number of imide groups is 1. The lowest BCUT2D eigenvalue weighted by atomic mass is 9.87. The summed E-state index contributed by atoms with van der Waals surface area (Å²) in [6.07, 6.45) is 24.0. The SMILES string of the molecule is O=C(Nc1cnc2cccnn12)c1cc2cn[nH]c2cc1OC1CC1.O=C1CCN(c2cncc3c2ccn3C2CCN(CCC3CCCCC3)CC2)C(=O)N1.[HH].[HH]. The lowest BCUT2D eigenvalue weighted by Gasteiger charge is -2.34. The first-order valence-corrected chi connectivity index (χ1v) is 20.0. The van der Waals surface area contributed by atoms with Gasteiger partial charge in [-0.1, -0.05) is 32.1 Å². The van der Waals surface area contributed by atoms with Gasteiger partial charge in [0.15, 0.2) is 11.5 Å². The van der Waals surface area contributed by atoms with Crippen molar-refractivity contribution in [3.63, 3.8) is 0 Å². The van der Waals surface area contributed by atoms with Gasteiger partial charge in [0, 0.05) is 64.2 Å². The van der Waals surface area contributed by atoms with Crippen LogP contribution in [0.2, 0.25) is 0 Å². The molecule has 15 heteroatoms. The molecule has 4 amide bonds. The van der Waals surface area contributed by atoms with Crippen LogP contribution in [0.15, 0.2) is 67.5 Å². The van der Waals surface area contributed by atoms with Gasteiger partial charge in [0.2, 0.25) is 5.91 Å². The quantitative estimate of drug-likeness (QED) is 0.141. The van der Waals surface area contributed by atoms with Crippen molar-refractivity contribution in [1.82, 2.24) is 44.6 Å². The molecule has 7 heterocycles. The van der Waals surface area contributed by atoms with Crippen molar-refractivity contribution < 1.29 is 22.0 Å². The molecule has 0 atom stereocenters. The molecular formula is C41H51N11O4. The molecule has 2 aliphatic heterocycles. The molecule has 0 unspecified atom stereocenters. The molecule has 3 N–H and O–H groups in total. The van der Waals surface area contributed by atoms with Crippen LogP contribution in [0.5, 0.6) is 5.75 Å². The first kappa shape index (κ1) is 35.8. The highest BCUT2D eigenvalue weighted by molar-refractivity contribution is 6.10. The number of fused-ring (bicyclic) bond motifs is 3. The monoisotopic (exact) mass is 761 g/mol. The number of likely N-dealkylation sites (tertiary alicyclic amines) is 1. The molecule has 2 aliphatic carbocycles. The number of aromatic nitrogens is 7. The summed E-state index contributed by atoms with van der Waals surface area (Å²) in [5.74, 6) is 1.52. The summed E-state index contributed by atoms with van der Waals surface area (Å²) in [5.41, 5.74) is 3.82. The molecule has 10 rings (SSSR count). The number of carbonyl (C=O) groups excluding carboxylic acids is 3. The molecule has 0 spiro atoms. The zero-order valence-electron chi connectivity index (χ0n) is 31.4. The van der Waals surface area contributed by atoms with Crippen molar-refractivity contribution in [3.8, 4) is 5.75 Å². The minimum Gasteiger partial charge on any atom is -0.490 e. The van der Waals surface area contributed by atoms with Gasteiger partial charge in [-0.15, -0.1) is 0 Å². The Hall–Kier alpha value is -5.83. The van der Waals surface area contributed by atoms with E-state index in [4.69, 9.17) is 4.74 Å². The Morgan fingerprint density at radius 2 is 1.82 bits per heavy atom. The van der Waals surface area contributed by atoms with Crippen molar-refractivity contribution in [2.24, 2.45) is 5.92 Å². The zero-order valence-corrected chi connectivity index (χ0v) is 31.4. The molecule has 15 nitrogen and oxygen atoms in total. The normalized spacial score (nSPS) is 18.6. The fourth-order valence-electron chi connectivity index (χ4n) is 8.36. The van der Waals surface area contributed by atoms with E-state index < -0.39 is 0 Å². The van der Waals surface area contributed by atoms with Crippen LogP contribution in [0.1, 0.15) is 89.9 Å². The maximum Gasteiger partial charge on any atom is 0.328 e. The second-order valence-electron chi connectivity index (χ2n) is 15.4. The third kappa shape index (κ3) is 7.68. The van der Waals surface area contributed by atoms with Gasteiger partial charge in [-0.05, 0) is 68.8 Å². The van der Waals surface area contributed by atoms with E-state index in [0.717, 1.165) is 72.2 Å². The standard InChI is InChI=1S/C24H33N5O2.C17H14N6O2.2H2/c30-23-10-15-29(24(31)26-23)22-17-25-16-21-20(22)9-14-28(21)19-7-12-27(13-8-19)11-6-18-4-2-1-3-5-18;24-17(21-16-9-18-15-2-1-5-20-23(15)16)12-6-10-8-19-22-13(10)7-14(12)25-11-3-4-11;;/h9,14,16-19H,1-8,10-13,15H2,(H,26,30,31);1-2,5-9,11H,3-4H2,(H,19,22)(H,21,24);2*1H. The minimum atomic E-state index is -0.357. The topological polar surface area (TPSA) is 168 Å². The van der Waals surface area contributed by atoms with E-state index in [2.05, 4.69) is 57.6 Å². The van der Waals surface area contributed by atoms with E-state index in [1.807, 2.05) is 18.3 Å². The summed E-state index contributed by atoms with van der Waals surface area (Å²) < 4.78 is 9.84. The number of amides is 4. The number of benzene rings is 1. The number of aromatic amines is 1. The lowest BCUT2D eigenvalue weighted by Crippen LogP contribution is -2.49. The summed E-state index contributed by atoms with van der Waals surface area (Å²) in [5, 5.41) is 18.3. The average molecular weight is 762 g/mol. The zero-order chi connectivity index (χ0) is 38.0. The van der Waals surface area contributed by atoms with Gasteiger partial charge in [-0.2, -0.15) is 14.7 Å². The Morgan fingerprint density at radius 1 is 0.964 bits per heavy atom. The van der Waals surface area contributed by atoms with Crippen molar-refractivity contribution in [2.75, 3.05) is 36.4 Å². The maximum atomic E-state index is 12.9. The highest BCUT2D eigenvalue weighted by atomic mass is 16.5. The summed E-state index contributed by atoms with van der Waals surface area (Å²) in [7, 11) is 0. The fraction of sp³-hybridized carbons (Fsp3) is 0.439. The number of pyridine rings is 1. The van der Waals surface area contributed by atoms with E-state index in [1.165, 1.54) is 45.1 Å². The molecule has 0 radical (unpaired) electrons. The van der Waals surface area contributed by atoms with E-state index in [9.17, 15) is 14.4 Å². The van der Waals surface area contributed by atoms with E-state index >= 15 is 0 Å². The van der Waals surface area contributed by atoms with Crippen LogP contribution in [-0.2, 0) is 4.79 Å². The van der Waals surface area contributed by atoms with Gasteiger partial charge >= 0.3 is 6.03 Å². The Bertz CT molecular complexity index is 2380. The number of imidazole rings is 1. The van der Waals surface area contributed by atoms with Crippen LogP contribution in [0.25, 0.3) is 27.5 Å². The molecule has 4 aliphatic rings. The van der Waals surface area contributed by atoms with Crippen LogP contribution in [-0.4, -0.2) is 89.4 Å². The van der Waals surface area contributed by atoms with Crippen LogP contribution >= 0.6 is 0 Å². The van der Waals surface area contributed by atoms with Gasteiger partial charge in [-0.25, -0.2) is 9.78 Å². The number of nitrogens with zero attached hydrogens (tertiary/aromatic N) is 8. The van der Waals surface area contributed by atoms with Crippen LogP contribution in [0.4, 0.5) is 16.3 Å². The maximum absolute atomic E-state index is 12.9.